The Morgan fingerprint density at radius 3 is 1.32 bits per heavy atom. The molecule has 2 N–H and O–H groups in total. The molecule has 10 heteroatoms. The van der Waals surface area contributed by atoms with Gasteiger partial charge in [0.1, 0.15) is 0 Å². The van der Waals surface area contributed by atoms with Crippen LogP contribution >= 0.6 is 0 Å². The SMILES string of the molecule is CC1(C)CC(N2C(=O)N(C3CC(C)(C)CC(C)(CNC(=O)N4CC4)C3)C2=O)CC(C)(CNC(=O)N2CC2)C1. The maximum absolute atomic E-state index is 13.6. The van der Waals surface area contributed by atoms with E-state index in [-0.39, 0.29) is 57.9 Å². The van der Waals surface area contributed by atoms with Gasteiger partial charge in [-0.3, -0.25) is 0 Å². The number of carbonyl (C=O) groups excluding carboxylic acids is 4. The topological polar surface area (TPSA) is 105 Å². The first kappa shape index (κ1) is 27.1. The second-order valence-electron chi connectivity index (χ2n) is 15.0. The van der Waals surface area contributed by atoms with Crippen LogP contribution in [-0.4, -0.2) is 95.1 Å². The second-order valence-corrected chi connectivity index (χ2v) is 15.0. The molecule has 0 aromatic carbocycles. The summed E-state index contributed by atoms with van der Waals surface area (Å²) in [5, 5.41) is 6.15. The van der Waals surface area contributed by atoms with E-state index in [0.717, 1.165) is 51.9 Å². The van der Waals surface area contributed by atoms with Crippen molar-refractivity contribution in [3.63, 3.8) is 0 Å². The first-order valence-electron chi connectivity index (χ1n) is 14.3. The van der Waals surface area contributed by atoms with Crippen molar-refractivity contribution in [2.45, 2.75) is 92.2 Å². The highest BCUT2D eigenvalue weighted by Gasteiger charge is 2.57. The molecule has 0 bridgehead atoms. The van der Waals surface area contributed by atoms with Gasteiger partial charge in [0, 0.05) is 51.4 Å². The predicted molar refractivity (Wildman–Crippen MR) is 143 cm³/mol. The number of hydrogen-bond acceptors (Lipinski definition) is 4. The summed E-state index contributed by atoms with van der Waals surface area (Å²) in [4.78, 5) is 58.3. The summed E-state index contributed by atoms with van der Waals surface area (Å²) in [6.07, 6.45) is 4.77. The van der Waals surface area contributed by atoms with Crippen LogP contribution < -0.4 is 10.6 Å². The summed E-state index contributed by atoms with van der Waals surface area (Å²) in [6.45, 7) is 17.4. The molecule has 5 fully saturated rings. The van der Waals surface area contributed by atoms with Crippen molar-refractivity contribution in [3.05, 3.63) is 0 Å². The first-order valence-corrected chi connectivity index (χ1v) is 14.3. The molecule has 3 heterocycles. The Morgan fingerprint density at radius 2 is 1.00 bits per heavy atom. The van der Waals surface area contributed by atoms with Crippen molar-refractivity contribution in [1.29, 1.82) is 0 Å². The molecular formula is C28H46N6O4. The van der Waals surface area contributed by atoms with E-state index >= 15 is 0 Å². The number of nitrogens with zero attached hydrogens (tertiary/aromatic N) is 4. The van der Waals surface area contributed by atoms with Gasteiger partial charge in [0.15, 0.2) is 0 Å². The lowest BCUT2D eigenvalue weighted by molar-refractivity contribution is -0.0156. The van der Waals surface area contributed by atoms with Gasteiger partial charge in [-0.05, 0) is 60.2 Å². The maximum atomic E-state index is 13.6. The minimum atomic E-state index is -0.194. The number of rotatable bonds is 6. The van der Waals surface area contributed by atoms with E-state index in [9.17, 15) is 19.2 Å². The number of nitrogens with one attached hydrogen (secondary N) is 2. The fourth-order valence-corrected chi connectivity index (χ4v) is 8.08. The van der Waals surface area contributed by atoms with Gasteiger partial charge in [0.25, 0.3) is 0 Å². The molecule has 4 unspecified atom stereocenters. The van der Waals surface area contributed by atoms with E-state index in [4.69, 9.17) is 0 Å². The molecule has 0 aromatic rings. The molecule has 5 aliphatic rings. The molecule has 4 atom stereocenters. The molecule has 3 aliphatic heterocycles. The largest absolute Gasteiger partial charge is 0.337 e. The fraction of sp³-hybridized carbons (Fsp3) is 0.857. The minimum absolute atomic E-state index is 0.0260. The minimum Gasteiger partial charge on any atom is -0.337 e. The molecule has 38 heavy (non-hydrogen) atoms. The Hall–Kier alpha value is -2.52. The standard InChI is InChI=1S/C28H46N6O4/c1-25(2)11-19(13-27(5,15-25)17-29-21(35)31-7-8-31)33-23(37)34(24(33)38)20-12-26(3,4)16-28(6,14-20)18-30-22(36)32-9-10-32/h19-20H,7-18H2,1-6H3,(H,29,35)(H,30,36). The van der Waals surface area contributed by atoms with Crippen molar-refractivity contribution < 1.29 is 19.2 Å². The third-order valence-electron chi connectivity index (χ3n) is 9.20. The normalized spacial score (nSPS) is 35.5. The molecular weight excluding hydrogens is 484 g/mol. The van der Waals surface area contributed by atoms with E-state index in [1.807, 2.05) is 0 Å². The van der Waals surface area contributed by atoms with Crippen LogP contribution in [0.1, 0.15) is 80.1 Å². The van der Waals surface area contributed by atoms with Gasteiger partial charge in [-0.1, -0.05) is 41.5 Å². The highest BCUT2D eigenvalue weighted by atomic mass is 16.2. The average molecular weight is 531 g/mol. The lowest BCUT2D eigenvalue weighted by atomic mass is 9.61. The lowest BCUT2D eigenvalue weighted by Gasteiger charge is -2.56. The number of amides is 8. The lowest BCUT2D eigenvalue weighted by Crippen LogP contribution is -2.72. The van der Waals surface area contributed by atoms with Gasteiger partial charge in [0.05, 0.1) is 0 Å². The summed E-state index contributed by atoms with van der Waals surface area (Å²) in [5.74, 6) is 0. The Bertz CT molecular complexity index is 929. The van der Waals surface area contributed by atoms with Crippen LogP contribution in [0.15, 0.2) is 0 Å². The summed E-state index contributed by atoms with van der Waals surface area (Å²) in [7, 11) is 0. The van der Waals surface area contributed by atoms with Crippen molar-refractivity contribution >= 4 is 24.1 Å². The molecule has 3 saturated heterocycles. The average Bonchev–Trinajstić information content (AvgIpc) is 3.66. The van der Waals surface area contributed by atoms with E-state index in [1.165, 1.54) is 9.80 Å². The zero-order chi connectivity index (χ0) is 27.7. The fourth-order valence-electron chi connectivity index (χ4n) is 8.08. The second kappa shape index (κ2) is 9.01. The van der Waals surface area contributed by atoms with E-state index in [0.29, 0.717) is 25.9 Å². The van der Waals surface area contributed by atoms with Crippen molar-refractivity contribution in [3.8, 4) is 0 Å². The number of urea groups is 4. The highest BCUT2D eigenvalue weighted by Crippen LogP contribution is 2.51. The van der Waals surface area contributed by atoms with Crippen LogP contribution in [0, 0.1) is 21.7 Å². The monoisotopic (exact) mass is 530 g/mol. The Morgan fingerprint density at radius 1 is 0.658 bits per heavy atom. The highest BCUT2D eigenvalue weighted by molar-refractivity contribution is 6.12. The molecule has 0 aromatic heterocycles. The van der Waals surface area contributed by atoms with Crippen LogP contribution in [-0.2, 0) is 0 Å². The van der Waals surface area contributed by atoms with Crippen LogP contribution in [0.25, 0.3) is 0 Å². The van der Waals surface area contributed by atoms with Crippen LogP contribution in [0.2, 0.25) is 0 Å². The van der Waals surface area contributed by atoms with E-state index < -0.39 is 0 Å². The van der Waals surface area contributed by atoms with E-state index in [2.05, 4.69) is 52.2 Å². The molecule has 2 aliphatic carbocycles. The smallest absolute Gasteiger partial charge is 0.336 e. The van der Waals surface area contributed by atoms with Gasteiger partial charge >= 0.3 is 24.1 Å². The van der Waals surface area contributed by atoms with Gasteiger partial charge in [-0.25, -0.2) is 29.0 Å². The van der Waals surface area contributed by atoms with Crippen molar-refractivity contribution in [1.82, 2.24) is 30.2 Å². The first-order chi connectivity index (χ1) is 17.6. The summed E-state index contributed by atoms with van der Waals surface area (Å²) in [5.41, 5.74) is -0.491. The van der Waals surface area contributed by atoms with Gasteiger partial charge in [0.2, 0.25) is 0 Å². The maximum Gasteiger partial charge on any atom is 0.336 e. The zero-order valence-electron chi connectivity index (χ0n) is 24.1. The van der Waals surface area contributed by atoms with Gasteiger partial charge in [-0.2, -0.15) is 0 Å². The molecule has 2 saturated carbocycles. The van der Waals surface area contributed by atoms with Crippen molar-refractivity contribution in [2.24, 2.45) is 21.7 Å². The molecule has 10 nitrogen and oxygen atoms in total. The number of carbonyl (C=O) groups is 4. The van der Waals surface area contributed by atoms with Gasteiger partial charge < -0.3 is 20.4 Å². The summed E-state index contributed by atoms with van der Waals surface area (Å²) in [6, 6.07) is -0.775. The molecule has 212 valence electrons. The molecule has 8 amide bonds. The van der Waals surface area contributed by atoms with Gasteiger partial charge in [-0.15, -0.1) is 0 Å². The quantitative estimate of drug-likeness (QED) is 0.505. The summed E-state index contributed by atoms with van der Waals surface area (Å²) < 4.78 is 0. The van der Waals surface area contributed by atoms with Crippen molar-refractivity contribution in [2.75, 3.05) is 39.3 Å². The Labute approximate surface area is 226 Å². The number of imide groups is 2. The van der Waals surface area contributed by atoms with E-state index in [1.54, 1.807) is 9.80 Å². The molecule has 0 radical (unpaired) electrons. The molecule has 5 rings (SSSR count). The Kier molecular flexibility index (Phi) is 6.42. The third kappa shape index (κ3) is 5.59. The van der Waals surface area contributed by atoms with Crippen LogP contribution in [0.3, 0.4) is 0 Å². The van der Waals surface area contributed by atoms with Crippen LogP contribution in [0.4, 0.5) is 19.2 Å². The Balaban J connectivity index is 1.25. The number of hydrogen-bond donors (Lipinski definition) is 2. The van der Waals surface area contributed by atoms with Crippen LogP contribution in [0.5, 0.6) is 0 Å². The summed E-state index contributed by atoms with van der Waals surface area (Å²) >= 11 is 0. The predicted octanol–water partition coefficient (Wildman–Crippen LogP) is 4.06. The molecule has 0 spiro atoms. The third-order valence-corrected chi connectivity index (χ3v) is 9.20. The zero-order valence-corrected chi connectivity index (χ0v) is 24.1.